The summed E-state index contributed by atoms with van der Waals surface area (Å²) in [5.74, 6) is -0.121. The van der Waals surface area contributed by atoms with Gasteiger partial charge in [0.15, 0.2) is 9.84 Å². The Morgan fingerprint density at radius 3 is 2.44 bits per heavy atom. The Morgan fingerprint density at radius 2 is 1.94 bits per heavy atom. The minimum Gasteiger partial charge on any atom is -0.327 e. The first-order valence-electron chi connectivity index (χ1n) is 4.86. The summed E-state index contributed by atoms with van der Waals surface area (Å²) in [5.41, 5.74) is 5.55. The van der Waals surface area contributed by atoms with E-state index in [1.807, 2.05) is 0 Å². The number of hydrogen-bond donors (Lipinski definition) is 1. The van der Waals surface area contributed by atoms with Crippen LogP contribution in [-0.2, 0) is 9.84 Å². The Kier molecular flexibility index (Phi) is 4.64. The number of hydrogen-bond acceptors (Lipinski definition) is 3. The molecule has 0 aromatic heterocycles. The highest BCUT2D eigenvalue weighted by atomic mass is 32.2. The van der Waals surface area contributed by atoms with Crippen molar-refractivity contribution >= 4 is 9.84 Å². The number of sulfone groups is 1. The molecule has 1 rings (SSSR count). The largest absolute Gasteiger partial charge is 0.327 e. The van der Waals surface area contributed by atoms with Crippen molar-refractivity contribution in [3.8, 4) is 0 Å². The van der Waals surface area contributed by atoms with Gasteiger partial charge in [0.2, 0.25) is 0 Å². The van der Waals surface area contributed by atoms with E-state index in [0.717, 1.165) is 0 Å². The van der Waals surface area contributed by atoms with Crippen LogP contribution in [-0.4, -0.2) is 20.7 Å². The van der Waals surface area contributed by atoms with Crippen LogP contribution >= 0.6 is 0 Å². The van der Waals surface area contributed by atoms with Gasteiger partial charge in [0.05, 0.1) is 17.0 Å². The topological polar surface area (TPSA) is 60.2 Å². The Bertz CT molecular complexity index is 454. The van der Waals surface area contributed by atoms with E-state index in [2.05, 4.69) is 0 Å². The van der Waals surface area contributed by atoms with Gasteiger partial charge in [0.25, 0.3) is 0 Å². The second kappa shape index (κ2) is 5.77. The van der Waals surface area contributed by atoms with Gasteiger partial charge in [-0.15, -0.1) is 0 Å². The highest BCUT2D eigenvalue weighted by Gasteiger charge is 2.14. The fourth-order valence-electron chi connectivity index (χ4n) is 1.21. The zero-order chi connectivity index (χ0) is 12.0. The predicted molar refractivity (Wildman–Crippen MR) is 61.4 cm³/mol. The Morgan fingerprint density at radius 1 is 1.31 bits per heavy atom. The molecule has 5 heteroatoms. The van der Waals surface area contributed by atoms with Crippen LogP contribution in [0.3, 0.4) is 0 Å². The molecular weight excluding hydrogens is 229 g/mol. The lowest BCUT2D eigenvalue weighted by molar-refractivity contribution is 0.594. The zero-order valence-corrected chi connectivity index (χ0v) is 9.58. The van der Waals surface area contributed by atoms with Crippen molar-refractivity contribution in [1.82, 2.24) is 0 Å². The third-order valence-electron chi connectivity index (χ3n) is 2.21. The molecule has 1 aromatic rings. The smallest absolute Gasteiger partial charge is 0.178 e. The lowest BCUT2D eigenvalue weighted by Crippen LogP contribution is -2.11. The molecule has 16 heavy (non-hydrogen) atoms. The molecule has 0 aliphatic heterocycles. The zero-order valence-electron chi connectivity index (χ0n) is 8.77. The van der Waals surface area contributed by atoms with Gasteiger partial charge < -0.3 is 5.73 Å². The lowest BCUT2D eigenvalue weighted by Gasteiger charge is -2.05. The molecule has 0 atom stereocenters. The van der Waals surface area contributed by atoms with E-state index in [1.54, 1.807) is 18.2 Å². The molecule has 0 spiro atoms. The van der Waals surface area contributed by atoms with E-state index in [0.29, 0.717) is 11.9 Å². The number of nitrogens with two attached hydrogens (primary N) is 1. The molecule has 2 N–H and O–H groups in total. The first-order valence-corrected chi connectivity index (χ1v) is 6.51. The molecule has 0 unspecified atom stereocenters. The standard InChI is InChI=1S/C11H14FNO2S/c12-8-10(9-13)6-7-16(14,15)11-4-2-1-3-5-11/h1-5,8H,6-7,9,13H2/b10-8-. The first-order chi connectivity index (χ1) is 7.60. The monoisotopic (exact) mass is 243 g/mol. The van der Waals surface area contributed by atoms with Crippen LogP contribution in [0.4, 0.5) is 4.39 Å². The van der Waals surface area contributed by atoms with Crippen molar-refractivity contribution in [2.45, 2.75) is 11.3 Å². The quantitative estimate of drug-likeness (QED) is 0.855. The summed E-state index contributed by atoms with van der Waals surface area (Å²) in [6.45, 7) is 0.0425. The number of halogens is 1. The molecule has 0 radical (unpaired) electrons. The first kappa shape index (κ1) is 12.9. The van der Waals surface area contributed by atoms with Crippen LogP contribution in [0.15, 0.2) is 47.1 Å². The average molecular weight is 243 g/mol. The summed E-state index contributed by atoms with van der Waals surface area (Å²) in [4.78, 5) is 0.255. The molecule has 0 fully saturated rings. The van der Waals surface area contributed by atoms with E-state index in [4.69, 9.17) is 5.73 Å². The summed E-state index contributed by atoms with van der Waals surface area (Å²) in [5, 5.41) is 0. The van der Waals surface area contributed by atoms with Crippen molar-refractivity contribution in [3.63, 3.8) is 0 Å². The Hall–Kier alpha value is -1.20. The van der Waals surface area contributed by atoms with E-state index >= 15 is 0 Å². The molecule has 0 bridgehead atoms. The van der Waals surface area contributed by atoms with Gasteiger partial charge in [-0.2, -0.15) is 0 Å². The third-order valence-corrected chi connectivity index (χ3v) is 3.94. The van der Waals surface area contributed by atoms with Gasteiger partial charge in [-0.25, -0.2) is 12.8 Å². The predicted octanol–water partition coefficient (Wildman–Crippen LogP) is 1.66. The van der Waals surface area contributed by atoms with E-state index in [9.17, 15) is 12.8 Å². The van der Waals surface area contributed by atoms with Crippen LogP contribution < -0.4 is 5.73 Å². The van der Waals surface area contributed by atoms with Crippen molar-refractivity contribution < 1.29 is 12.8 Å². The maximum Gasteiger partial charge on any atom is 0.178 e. The van der Waals surface area contributed by atoms with Crippen LogP contribution in [0.5, 0.6) is 0 Å². The summed E-state index contributed by atoms with van der Waals surface area (Å²) in [6, 6.07) is 8.10. The summed E-state index contributed by atoms with van der Waals surface area (Å²) in [7, 11) is -3.34. The van der Waals surface area contributed by atoms with Crippen molar-refractivity contribution in [2.24, 2.45) is 5.73 Å². The highest BCUT2D eigenvalue weighted by molar-refractivity contribution is 7.91. The second-order valence-electron chi connectivity index (χ2n) is 3.35. The van der Waals surface area contributed by atoms with Crippen molar-refractivity contribution in [2.75, 3.05) is 12.3 Å². The SMILES string of the molecule is NC/C(=C\F)CCS(=O)(=O)c1ccccc1. The summed E-state index contributed by atoms with van der Waals surface area (Å²) < 4.78 is 35.8. The molecule has 1 aromatic carbocycles. The molecule has 0 saturated heterocycles. The number of benzene rings is 1. The lowest BCUT2D eigenvalue weighted by atomic mass is 10.2. The summed E-state index contributed by atoms with van der Waals surface area (Å²) >= 11 is 0. The number of rotatable bonds is 5. The fraction of sp³-hybridized carbons (Fsp3) is 0.273. The van der Waals surface area contributed by atoms with Gasteiger partial charge in [0.1, 0.15) is 0 Å². The summed E-state index contributed by atoms with van der Waals surface area (Å²) in [6.07, 6.45) is 0.505. The molecule has 0 saturated carbocycles. The highest BCUT2D eigenvalue weighted by Crippen LogP contribution is 2.13. The van der Waals surface area contributed by atoms with Crippen LogP contribution in [0.25, 0.3) is 0 Å². The molecule has 0 aliphatic rings. The molecule has 88 valence electrons. The van der Waals surface area contributed by atoms with E-state index < -0.39 is 9.84 Å². The van der Waals surface area contributed by atoms with Crippen LogP contribution in [0.2, 0.25) is 0 Å². The molecule has 0 amide bonds. The van der Waals surface area contributed by atoms with Gasteiger partial charge in [-0.05, 0) is 24.1 Å². The van der Waals surface area contributed by atoms with Gasteiger partial charge in [0, 0.05) is 6.54 Å². The Balaban J connectivity index is 2.74. The maximum absolute atomic E-state index is 12.2. The molecule has 0 aliphatic carbocycles. The third kappa shape index (κ3) is 3.43. The second-order valence-corrected chi connectivity index (χ2v) is 5.46. The minimum atomic E-state index is -3.34. The normalized spacial score (nSPS) is 12.8. The van der Waals surface area contributed by atoms with Crippen LogP contribution in [0, 0.1) is 0 Å². The molecular formula is C11H14FNO2S. The van der Waals surface area contributed by atoms with Crippen molar-refractivity contribution in [3.05, 3.63) is 42.2 Å². The minimum absolute atomic E-state index is 0.0425. The van der Waals surface area contributed by atoms with Gasteiger partial charge in [-0.1, -0.05) is 18.2 Å². The van der Waals surface area contributed by atoms with E-state index in [1.165, 1.54) is 12.1 Å². The van der Waals surface area contributed by atoms with E-state index in [-0.39, 0.29) is 23.6 Å². The van der Waals surface area contributed by atoms with Gasteiger partial charge >= 0.3 is 0 Å². The maximum atomic E-state index is 12.2. The average Bonchev–Trinajstić information content (AvgIpc) is 2.31. The molecule has 0 heterocycles. The van der Waals surface area contributed by atoms with Crippen molar-refractivity contribution in [1.29, 1.82) is 0 Å². The van der Waals surface area contributed by atoms with Gasteiger partial charge in [-0.3, -0.25) is 0 Å². The fourth-order valence-corrected chi connectivity index (χ4v) is 2.55. The molecule has 3 nitrogen and oxygen atoms in total. The van der Waals surface area contributed by atoms with Crippen LogP contribution in [0.1, 0.15) is 6.42 Å². The Labute approximate surface area is 94.7 Å².